The molecule has 1 aromatic carbocycles. The first kappa shape index (κ1) is 23.2. The molecule has 4 rings (SSSR count). The van der Waals surface area contributed by atoms with Crippen molar-refractivity contribution in [2.24, 2.45) is 0 Å². The first-order chi connectivity index (χ1) is 15.8. The Morgan fingerprint density at radius 2 is 1.76 bits per heavy atom. The largest absolute Gasteiger partial charge is 0.322 e. The number of nitrogens with zero attached hydrogens (tertiary/aromatic N) is 3. The van der Waals surface area contributed by atoms with Crippen LogP contribution in [0.2, 0.25) is 0 Å². The number of imide groups is 1. The molecule has 9 nitrogen and oxygen atoms in total. The highest BCUT2D eigenvalue weighted by molar-refractivity contribution is 7.89. The smallest absolute Gasteiger partial charge is 0.322 e. The molecule has 11 heteroatoms. The Labute approximate surface area is 191 Å². The summed E-state index contributed by atoms with van der Waals surface area (Å²) in [5.41, 5.74) is -0.547. The van der Waals surface area contributed by atoms with Crippen molar-refractivity contribution in [3.63, 3.8) is 0 Å². The number of urea groups is 1. The average Bonchev–Trinajstić information content (AvgIpc) is 3.07. The van der Waals surface area contributed by atoms with Gasteiger partial charge in [0.1, 0.15) is 17.2 Å². The van der Waals surface area contributed by atoms with Gasteiger partial charge in [0, 0.05) is 31.9 Å². The van der Waals surface area contributed by atoms with Crippen molar-refractivity contribution < 1.29 is 22.4 Å². The maximum atomic E-state index is 13.2. The Morgan fingerprint density at radius 3 is 2.36 bits per heavy atom. The van der Waals surface area contributed by atoms with Gasteiger partial charge >= 0.3 is 6.03 Å². The summed E-state index contributed by atoms with van der Waals surface area (Å²) >= 11 is 0. The number of aromatic nitrogens is 2. The number of piperidine rings is 1. The molecule has 2 N–H and O–H groups in total. The molecule has 1 atom stereocenters. The number of hydrogen-bond acceptors (Lipinski definition) is 6. The van der Waals surface area contributed by atoms with Crippen LogP contribution in [0, 0.1) is 5.82 Å². The number of rotatable bonds is 8. The quantitative estimate of drug-likeness (QED) is 0.561. The standard InChI is InChI=1S/C22H26FN5O4S/c23-18-6-4-16(5-7-18)17-8-13-28(14-9-17)33(31,32)15-22(20(29)26-21(30)27-22)10-1-3-19-24-11-2-12-25-19/h2,4-7,11-12,17H,1,3,8-10,13-15H2,(H2,26,27,29,30). The Bertz CT molecular complexity index is 1110. The van der Waals surface area contributed by atoms with E-state index in [0.29, 0.717) is 44.6 Å². The van der Waals surface area contributed by atoms with Crippen LogP contribution in [-0.2, 0) is 21.2 Å². The number of sulfonamides is 1. The molecule has 0 saturated carbocycles. The van der Waals surface area contributed by atoms with Crippen LogP contribution in [0.1, 0.15) is 43.0 Å². The summed E-state index contributed by atoms with van der Waals surface area (Å²) in [6, 6.07) is 7.28. The minimum absolute atomic E-state index is 0.145. The van der Waals surface area contributed by atoms with Gasteiger partial charge in [-0.2, -0.15) is 0 Å². The molecule has 1 aromatic heterocycles. The van der Waals surface area contributed by atoms with Crippen LogP contribution < -0.4 is 10.6 Å². The molecule has 2 aromatic rings. The van der Waals surface area contributed by atoms with Crippen molar-refractivity contribution in [2.75, 3.05) is 18.8 Å². The van der Waals surface area contributed by atoms with Crippen molar-refractivity contribution in [2.45, 2.75) is 43.6 Å². The van der Waals surface area contributed by atoms with Crippen molar-refractivity contribution in [1.82, 2.24) is 24.9 Å². The van der Waals surface area contributed by atoms with Gasteiger partial charge in [0.2, 0.25) is 10.0 Å². The summed E-state index contributed by atoms with van der Waals surface area (Å²) in [6.45, 7) is 0.599. The lowest BCUT2D eigenvalue weighted by atomic mass is 9.90. The van der Waals surface area contributed by atoms with Crippen LogP contribution >= 0.6 is 0 Å². The van der Waals surface area contributed by atoms with E-state index >= 15 is 0 Å². The first-order valence-electron chi connectivity index (χ1n) is 10.9. The van der Waals surface area contributed by atoms with E-state index in [0.717, 1.165) is 5.56 Å². The van der Waals surface area contributed by atoms with E-state index in [1.165, 1.54) is 16.4 Å². The third-order valence-corrected chi connectivity index (χ3v) is 8.26. The summed E-state index contributed by atoms with van der Waals surface area (Å²) in [6.07, 6.45) is 5.46. The Hall–Kier alpha value is -2.92. The molecule has 0 spiro atoms. The van der Waals surface area contributed by atoms with Gasteiger partial charge in [-0.25, -0.2) is 31.9 Å². The van der Waals surface area contributed by atoms with Crippen molar-refractivity contribution in [3.05, 3.63) is 59.9 Å². The second kappa shape index (κ2) is 9.52. The number of carbonyl (C=O) groups is 2. The van der Waals surface area contributed by atoms with Crippen LogP contribution in [0.4, 0.5) is 9.18 Å². The number of amides is 3. The monoisotopic (exact) mass is 475 g/mol. The van der Waals surface area contributed by atoms with E-state index in [2.05, 4.69) is 20.6 Å². The molecular weight excluding hydrogens is 449 g/mol. The fourth-order valence-electron chi connectivity index (χ4n) is 4.49. The molecule has 0 radical (unpaired) electrons. The van der Waals surface area contributed by atoms with Gasteiger partial charge in [-0.1, -0.05) is 12.1 Å². The minimum atomic E-state index is -3.82. The lowest BCUT2D eigenvalue weighted by Gasteiger charge is -2.34. The van der Waals surface area contributed by atoms with Crippen molar-refractivity contribution in [3.8, 4) is 0 Å². The van der Waals surface area contributed by atoms with Gasteiger partial charge in [-0.3, -0.25) is 10.1 Å². The fraction of sp³-hybridized carbons (Fsp3) is 0.455. The van der Waals surface area contributed by atoms with Gasteiger partial charge in [-0.15, -0.1) is 0 Å². The Morgan fingerprint density at radius 1 is 1.09 bits per heavy atom. The Balaban J connectivity index is 1.41. The molecule has 0 aliphatic carbocycles. The molecule has 176 valence electrons. The van der Waals surface area contributed by atoms with Crippen molar-refractivity contribution in [1.29, 1.82) is 0 Å². The molecule has 0 bridgehead atoms. The number of carbonyl (C=O) groups excluding carboxylic acids is 2. The van der Waals surface area contributed by atoms with E-state index < -0.39 is 33.3 Å². The van der Waals surface area contributed by atoms with Crippen LogP contribution in [0.15, 0.2) is 42.7 Å². The zero-order valence-electron chi connectivity index (χ0n) is 18.0. The zero-order chi connectivity index (χ0) is 23.5. The highest BCUT2D eigenvalue weighted by Crippen LogP contribution is 2.31. The van der Waals surface area contributed by atoms with E-state index in [4.69, 9.17) is 0 Å². The number of hydrogen-bond donors (Lipinski definition) is 2. The topological polar surface area (TPSA) is 121 Å². The summed E-state index contributed by atoms with van der Waals surface area (Å²) < 4.78 is 41.1. The van der Waals surface area contributed by atoms with Crippen LogP contribution in [0.25, 0.3) is 0 Å². The van der Waals surface area contributed by atoms with E-state index in [1.807, 2.05) is 0 Å². The van der Waals surface area contributed by atoms with Crippen LogP contribution in [-0.4, -0.2) is 59.0 Å². The van der Waals surface area contributed by atoms with E-state index in [9.17, 15) is 22.4 Å². The lowest BCUT2D eigenvalue weighted by Crippen LogP contribution is -2.55. The fourth-order valence-corrected chi connectivity index (χ4v) is 6.41. The molecule has 33 heavy (non-hydrogen) atoms. The third-order valence-electron chi connectivity index (χ3n) is 6.26. The predicted molar refractivity (Wildman–Crippen MR) is 118 cm³/mol. The third kappa shape index (κ3) is 5.36. The highest BCUT2D eigenvalue weighted by atomic mass is 32.2. The lowest BCUT2D eigenvalue weighted by molar-refractivity contribution is -0.123. The molecular formula is C22H26FN5O4S. The zero-order valence-corrected chi connectivity index (χ0v) is 18.9. The van der Waals surface area contributed by atoms with Gasteiger partial charge in [0.25, 0.3) is 5.91 Å². The molecule has 2 saturated heterocycles. The number of halogens is 1. The molecule has 3 amide bonds. The summed E-state index contributed by atoms with van der Waals surface area (Å²) in [4.78, 5) is 32.8. The molecule has 2 aliphatic rings. The first-order valence-corrected chi connectivity index (χ1v) is 12.5. The van der Waals surface area contributed by atoms with Gasteiger partial charge in [-0.05, 0) is 55.4 Å². The molecule has 3 heterocycles. The molecule has 2 fully saturated rings. The number of nitrogens with one attached hydrogen (secondary N) is 2. The Kier molecular flexibility index (Phi) is 6.71. The molecule has 2 aliphatic heterocycles. The van der Waals surface area contributed by atoms with Crippen molar-refractivity contribution >= 4 is 22.0 Å². The van der Waals surface area contributed by atoms with Crippen LogP contribution in [0.3, 0.4) is 0 Å². The highest BCUT2D eigenvalue weighted by Gasteiger charge is 2.50. The SMILES string of the molecule is O=C1NC(=O)C(CCCc2ncccn2)(CS(=O)(=O)N2CCC(c3ccc(F)cc3)CC2)N1. The maximum Gasteiger partial charge on any atom is 0.322 e. The van der Waals surface area contributed by atoms with Gasteiger partial charge in [0.15, 0.2) is 0 Å². The van der Waals surface area contributed by atoms with E-state index in [1.54, 1.807) is 30.6 Å². The minimum Gasteiger partial charge on any atom is -0.322 e. The predicted octanol–water partition coefficient (Wildman–Crippen LogP) is 1.73. The normalized spacial score (nSPS) is 22.2. The average molecular weight is 476 g/mol. The summed E-state index contributed by atoms with van der Waals surface area (Å²) in [5, 5.41) is 4.74. The second-order valence-corrected chi connectivity index (χ2v) is 10.5. The van der Waals surface area contributed by atoms with E-state index in [-0.39, 0.29) is 18.2 Å². The summed E-state index contributed by atoms with van der Waals surface area (Å²) in [5.74, 6) is -0.713. The molecule has 1 unspecified atom stereocenters. The van der Waals surface area contributed by atoms with Crippen LogP contribution in [0.5, 0.6) is 0 Å². The number of aryl methyl sites for hydroxylation is 1. The maximum absolute atomic E-state index is 13.2. The number of benzene rings is 1. The second-order valence-electron chi connectivity index (χ2n) is 8.49. The van der Waals surface area contributed by atoms with Gasteiger partial charge in [0.05, 0.1) is 5.75 Å². The van der Waals surface area contributed by atoms with Gasteiger partial charge < -0.3 is 5.32 Å². The summed E-state index contributed by atoms with van der Waals surface area (Å²) in [7, 11) is -3.82.